The lowest BCUT2D eigenvalue weighted by Gasteiger charge is -2.16. The van der Waals surface area contributed by atoms with Crippen LogP contribution >= 0.6 is 30.3 Å². The van der Waals surface area contributed by atoms with Crippen LogP contribution in [0.2, 0.25) is 5.02 Å². The zero-order chi connectivity index (χ0) is 24.2. The Kier molecular flexibility index (Phi) is 7.74. The quantitative estimate of drug-likeness (QED) is 0.266. The highest BCUT2D eigenvalue weighted by Crippen LogP contribution is 2.39. The zero-order valence-corrected chi connectivity index (χ0v) is 21.2. The lowest BCUT2D eigenvalue weighted by atomic mass is 10.2. The van der Waals surface area contributed by atoms with Crippen molar-refractivity contribution >= 4 is 74.5 Å². The first-order valence-electron chi connectivity index (χ1n) is 9.48. The van der Waals surface area contributed by atoms with Crippen LogP contribution in [-0.2, 0) is 14.6 Å². The summed E-state index contributed by atoms with van der Waals surface area (Å²) < 4.78 is 43.9. The van der Waals surface area contributed by atoms with E-state index in [2.05, 4.69) is 25.3 Å². The highest BCUT2D eigenvalue weighted by molar-refractivity contribution is 7.93. The van der Waals surface area contributed by atoms with Crippen LogP contribution in [0.4, 0.5) is 28.8 Å². The highest BCUT2D eigenvalue weighted by Gasteiger charge is 2.17. The first-order chi connectivity index (χ1) is 15.5. The Morgan fingerprint density at radius 3 is 2.48 bits per heavy atom. The Bertz CT molecular complexity index is 1320. The van der Waals surface area contributed by atoms with E-state index in [-0.39, 0.29) is 16.7 Å². The first kappa shape index (κ1) is 25.1. The maximum absolute atomic E-state index is 12.7. The van der Waals surface area contributed by atoms with Gasteiger partial charge in [0.2, 0.25) is 16.0 Å². The average Bonchev–Trinajstić information content (AvgIpc) is 2.76. The van der Waals surface area contributed by atoms with Gasteiger partial charge < -0.3 is 19.9 Å². The molecule has 33 heavy (non-hydrogen) atoms. The first-order valence-corrected chi connectivity index (χ1v) is 14.6. The molecule has 0 unspecified atom stereocenters. The van der Waals surface area contributed by atoms with Crippen LogP contribution in [-0.4, -0.2) is 44.0 Å². The number of halogens is 2. The van der Waals surface area contributed by atoms with E-state index in [1.807, 2.05) is 12.1 Å². The van der Waals surface area contributed by atoms with Crippen molar-refractivity contribution in [2.75, 3.05) is 41.0 Å². The van der Waals surface area contributed by atoms with Crippen molar-refractivity contribution in [1.29, 1.82) is 0 Å². The van der Waals surface area contributed by atoms with E-state index < -0.39 is 22.4 Å². The van der Waals surface area contributed by atoms with Crippen molar-refractivity contribution in [1.82, 2.24) is 9.97 Å². The smallest absolute Gasteiger partial charge is 0.246 e. The van der Waals surface area contributed by atoms with Gasteiger partial charge in [-0.2, -0.15) is 4.98 Å². The van der Waals surface area contributed by atoms with Gasteiger partial charge in [0.1, 0.15) is 23.1 Å². The van der Waals surface area contributed by atoms with E-state index in [1.165, 1.54) is 25.4 Å². The number of aromatic nitrogens is 2. The maximum atomic E-state index is 12.7. The van der Waals surface area contributed by atoms with Crippen LogP contribution < -0.4 is 25.4 Å². The second-order valence-corrected chi connectivity index (χ2v) is 13.1. The SMILES string of the molecule is COc1ccc(NS(=O)(=O)CCl)cc1Nc1ncc(Cl)c(Nc2ccccc2P(C)(C)=O)n1. The van der Waals surface area contributed by atoms with E-state index in [4.69, 9.17) is 27.9 Å². The van der Waals surface area contributed by atoms with Crippen molar-refractivity contribution < 1.29 is 17.7 Å². The minimum Gasteiger partial charge on any atom is -0.495 e. The zero-order valence-electron chi connectivity index (χ0n) is 18.0. The standard InChI is InChI=1S/C20H22Cl2N5O4PS/c1-31-17-9-8-13(27-33(29,30)12-21)10-16(17)25-20-23-11-14(22)19(26-20)24-15-6-4-5-7-18(15)32(2,3)28/h4-11,27H,12H2,1-3H3,(H2,23,24,25,26). The number of para-hydroxylation sites is 1. The van der Waals surface area contributed by atoms with Gasteiger partial charge in [0.25, 0.3) is 0 Å². The number of nitrogens with zero attached hydrogens (tertiary/aromatic N) is 2. The molecule has 0 saturated carbocycles. The lowest BCUT2D eigenvalue weighted by Crippen LogP contribution is -2.13. The maximum Gasteiger partial charge on any atom is 0.246 e. The third-order valence-electron chi connectivity index (χ3n) is 4.34. The molecule has 0 saturated heterocycles. The fourth-order valence-corrected chi connectivity index (χ4v) is 4.89. The van der Waals surface area contributed by atoms with Gasteiger partial charge in [-0.3, -0.25) is 4.72 Å². The van der Waals surface area contributed by atoms with Crippen molar-refractivity contribution in [3.63, 3.8) is 0 Å². The number of methoxy groups -OCH3 is 1. The number of benzene rings is 2. The Hall–Kier alpha value is -2.52. The molecule has 0 fully saturated rings. The molecule has 0 radical (unpaired) electrons. The van der Waals surface area contributed by atoms with Crippen molar-refractivity contribution in [3.8, 4) is 5.75 Å². The van der Waals surface area contributed by atoms with Gasteiger partial charge >= 0.3 is 0 Å². The summed E-state index contributed by atoms with van der Waals surface area (Å²) in [6.07, 6.45) is 1.41. The van der Waals surface area contributed by atoms with Crippen LogP contribution in [0.15, 0.2) is 48.7 Å². The molecule has 0 bridgehead atoms. The van der Waals surface area contributed by atoms with E-state index in [1.54, 1.807) is 31.5 Å². The second-order valence-electron chi connectivity index (χ2n) is 7.25. The second kappa shape index (κ2) is 10.2. The molecular formula is C20H22Cl2N5O4PS. The molecule has 0 spiro atoms. The van der Waals surface area contributed by atoms with Crippen molar-refractivity contribution in [2.45, 2.75) is 0 Å². The summed E-state index contributed by atoms with van der Waals surface area (Å²) in [5.74, 6) is 0.902. The van der Waals surface area contributed by atoms with Crippen molar-refractivity contribution in [3.05, 3.63) is 53.7 Å². The van der Waals surface area contributed by atoms with Crippen LogP contribution in [0, 0.1) is 0 Å². The fourth-order valence-electron chi connectivity index (χ4n) is 2.89. The molecule has 0 aliphatic heterocycles. The summed E-state index contributed by atoms with van der Waals surface area (Å²) in [5.41, 5.74) is 1.31. The third-order valence-corrected chi connectivity index (χ3v) is 7.87. The van der Waals surface area contributed by atoms with Crippen LogP contribution in [0.3, 0.4) is 0 Å². The van der Waals surface area contributed by atoms with Crippen LogP contribution in [0.5, 0.6) is 5.75 Å². The van der Waals surface area contributed by atoms with Crippen LogP contribution in [0.1, 0.15) is 0 Å². The number of sulfonamides is 1. The number of alkyl halides is 1. The van der Waals surface area contributed by atoms with E-state index in [0.717, 1.165) is 0 Å². The summed E-state index contributed by atoms with van der Waals surface area (Å²) in [5, 5.41) is 6.45. The fraction of sp³-hybridized carbons (Fsp3) is 0.200. The predicted octanol–water partition coefficient (Wildman–Crippen LogP) is 4.81. The number of anilines is 5. The minimum atomic E-state index is -3.68. The molecule has 3 rings (SSSR count). The lowest BCUT2D eigenvalue weighted by molar-refractivity contribution is 0.417. The molecule has 3 N–H and O–H groups in total. The Balaban J connectivity index is 1.93. The summed E-state index contributed by atoms with van der Waals surface area (Å²) in [7, 11) is -4.76. The van der Waals surface area contributed by atoms with Gasteiger partial charge in [-0.25, -0.2) is 13.4 Å². The molecule has 9 nitrogen and oxygen atoms in total. The van der Waals surface area contributed by atoms with Gasteiger partial charge in [0.05, 0.1) is 30.4 Å². The number of ether oxygens (including phenoxy) is 1. The topological polar surface area (TPSA) is 122 Å². The summed E-state index contributed by atoms with van der Waals surface area (Å²) >= 11 is 11.8. The Labute approximate surface area is 202 Å². The Morgan fingerprint density at radius 2 is 1.82 bits per heavy atom. The molecule has 1 aromatic heterocycles. The molecule has 0 amide bonds. The molecule has 3 aromatic rings. The molecule has 1 heterocycles. The molecular weight excluding hydrogens is 508 g/mol. The normalized spacial score (nSPS) is 11.7. The molecule has 13 heteroatoms. The van der Waals surface area contributed by atoms with Crippen LogP contribution in [0.25, 0.3) is 0 Å². The molecule has 0 atom stereocenters. The minimum absolute atomic E-state index is 0.172. The predicted molar refractivity (Wildman–Crippen MR) is 135 cm³/mol. The number of hydrogen-bond donors (Lipinski definition) is 3. The van der Waals surface area contributed by atoms with Gasteiger partial charge in [0.15, 0.2) is 5.82 Å². The van der Waals surface area contributed by atoms with Gasteiger partial charge in [-0.05, 0) is 43.7 Å². The van der Waals surface area contributed by atoms with E-state index in [0.29, 0.717) is 28.2 Å². The largest absolute Gasteiger partial charge is 0.495 e. The van der Waals surface area contributed by atoms with E-state index in [9.17, 15) is 13.0 Å². The number of nitrogens with one attached hydrogen (secondary N) is 3. The molecule has 176 valence electrons. The van der Waals surface area contributed by atoms with E-state index >= 15 is 0 Å². The number of hydrogen-bond acceptors (Lipinski definition) is 8. The summed E-state index contributed by atoms with van der Waals surface area (Å²) in [6, 6.07) is 11.8. The number of rotatable bonds is 9. The van der Waals surface area contributed by atoms with Gasteiger partial charge in [-0.15, -0.1) is 11.6 Å². The van der Waals surface area contributed by atoms with Gasteiger partial charge in [-0.1, -0.05) is 23.7 Å². The summed E-state index contributed by atoms with van der Waals surface area (Å²) in [6.45, 7) is 3.36. The molecule has 0 aliphatic rings. The third kappa shape index (κ3) is 6.51. The Morgan fingerprint density at radius 1 is 1.09 bits per heavy atom. The van der Waals surface area contributed by atoms with Gasteiger partial charge in [0, 0.05) is 5.30 Å². The molecule has 0 aliphatic carbocycles. The summed E-state index contributed by atoms with van der Waals surface area (Å²) in [4.78, 5) is 8.59. The highest BCUT2D eigenvalue weighted by atomic mass is 35.5. The van der Waals surface area contributed by atoms with Crippen molar-refractivity contribution in [2.24, 2.45) is 0 Å². The average molecular weight is 530 g/mol. The molecule has 2 aromatic carbocycles. The monoisotopic (exact) mass is 529 g/mol.